The van der Waals surface area contributed by atoms with Gasteiger partial charge in [0.05, 0.1) is 0 Å². The van der Waals surface area contributed by atoms with Crippen LogP contribution in [0.3, 0.4) is 0 Å². The molecule has 1 aromatic rings. The van der Waals surface area contributed by atoms with Gasteiger partial charge < -0.3 is 15.0 Å². The van der Waals surface area contributed by atoms with Crippen LogP contribution in [-0.2, 0) is 11.3 Å². The molecular weight excluding hydrogens is 266 g/mol. The Kier molecular flexibility index (Phi) is 4.41. The third-order valence-corrected chi connectivity index (χ3v) is 4.24. The standard InChI is InChI=1S/C16H23N3O2/c1-13-9-18(8-7-17-13)15-10-19(11-15)16(20)21-12-14-5-3-2-4-6-14/h2-6,13,15,17H,7-12H2,1H3/t13-/m1/s1. The predicted octanol–water partition coefficient (Wildman–Crippen LogP) is 1.30. The molecule has 0 spiro atoms. The van der Waals surface area contributed by atoms with Crippen LogP contribution in [0, 0.1) is 0 Å². The molecule has 0 bridgehead atoms. The molecular formula is C16H23N3O2. The molecule has 0 aromatic heterocycles. The van der Waals surface area contributed by atoms with Crippen LogP contribution in [0.15, 0.2) is 30.3 Å². The molecule has 5 heteroatoms. The lowest BCUT2D eigenvalue weighted by atomic mass is 10.1. The van der Waals surface area contributed by atoms with Crippen molar-refractivity contribution in [3.63, 3.8) is 0 Å². The number of hydrogen-bond donors (Lipinski definition) is 1. The van der Waals surface area contributed by atoms with Crippen molar-refractivity contribution in [2.45, 2.75) is 25.6 Å². The number of rotatable bonds is 3. The summed E-state index contributed by atoms with van der Waals surface area (Å²) in [4.78, 5) is 16.2. The van der Waals surface area contributed by atoms with E-state index in [0.717, 1.165) is 38.3 Å². The smallest absolute Gasteiger partial charge is 0.410 e. The Bertz CT molecular complexity index is 474. The number of likely N-dealkylation sites (tertiary alicyclic amines) is 1. The minimum Gasteiger partial charge on any atom is -0.445 e. The lowest BCUT2D eigenvalue weighted by molar-refractivity contribution is 0.00970. The lowest BCUT2D eigenvalue weighted by Crippen LogP contribution is -2.65. The van der Waals surface area contributed by atoms with Gasteiger partial charge in [-0.05, 0) is 12.5 Å². The Morgan fingerprint density at radius 1 is 1.29 bits per heavy atom. The van der Waals surface area contributed by atoms with Crippen LogP contribution in [0.1, 0.15) is 12.5 Å². The molecule has 0 radical (unpaired) electrons. The Morgan fingerprint density at radius 3 is 2.76 bits per heavy atom. The van der Waals surface area contributed by atoms with E-state index in [1.165, 1.54) is 0 Å². The minimum absolute atomic E-state index is 0.196. The van der Waals surface area contributed by atoms with Gasteiger partial charge in [-0.25, -0.2) is 4.79 Å². The molecule has 2 aliphatic heterocycles. The Labute approximate surface area is 125 Å². The third kappa shape index (κ3) is 3.54. The highest BCUT2D eigenvalue weighted by Crippen LogP contribution is 2.18. The van der Waals surface area contributed by atoms with E-state index in [4.69, 9.17) is 4.74 Å². The van der Waals surface area contributed by atoms with Gasteiger partial charge in [-0.3, -0.25) is 4.90 Å². The first-order valence-corrected chi connectivity index (χ1v) is 7.65. The Balaban J connectivity index is 1.40. The molecule has 21 heavy (non-hydrogen) atoms. The molecule has 3 rings (SSSR count). The fraction of sp³-hybridized carbons (Fsp3) is 0.562. The lowest BCUT2D eigenvalue weighted by Gasteiger charge is -2.47. The van der Waals surface area contributed by atoms with E-state index in [9.17, 15) is 4.79 Å². The summed E-state index contributed by atoms with van der Waals surface area (Å²) in [5.41, 5.74) is 1.03. The second kappa shape index (κ2) is 6.45. The van der Waals surface area contributed by atoms with Gasteiger partial charge in [0.1, 0.15) is 6.61 Å². The SMILES string of the molecule is C[C@@H]1CN(C2CN(C(=O)OCc3ccccc3)C2)CCN1. The maximum atomic E-state index is 12.0. The number of nitrogens with one attached hydrogen (secondary N) is 1. The van der Waals surface area contributed by atoms with Gasteiger partial charge in [-0.15, -0.1) is 0 Å². The largest absolute Gasteiger partial charge is 0.445 e. The van der Waals surface area contributed by atoms with Crippen LogP contribution in [0.5, 0.6) is 0 Å². The van der Waals surface area contributed by atoms with Crippen LogP contribution in [-0.4, -0.2) is 60.7 Å². The zero-order valence-corrected chi connectivity index (χ0v) is 12.5. The summed E-state index contributed by atoms with van der Waals surface area (Å²) in [6.45, 7) is 7.32. The molecule has 5 nitrogen and oxygen atoms in total. The maximum absolute atomic E-state index is 12.0. The summed E-state index contributed by atoms with van der Waals surface area (Å²) in [7, 11) is 0. The van der Waals surface area contributed by atoms with Crippen LogP contribution in [0.4, 0.5) is 4.79 Å². The van der Waals surface area contributed by atoms with Crippen molar-refractivity contribution in [3.05, 3.63) is 35.9 Å². The fourth-order valence-electron chi connectivity index (χ4n) is 2.94. The number of amides is 1. The second-order valence-electron chi connectivity index (χ2n) is 5.95. The number of benzene rings is 1. The molecule has 2 fully saturated rings. The van der Waals surface area contributed by atoms with Gasteiger partial charge >= 0.3 is 6.09 Å². The molecule has 0 saturated carbocycles. The molecule has 0 aliphatic carbocycles. The highest BCUT2D eigenvalue weighted by atomic mass is 16.6. The van der Waals surface area contributed by atoms with Crippen molar-refractivity contribution in [2.75, 3.05) is 32.7 Å². The van der Waals surface area contributed by atoms with Crippen LogP contribution in [0.25, 0.3) is 0 Å². The van der Waals surface area contributed by atoms with Gasteiger partial charge in [-0.1, -0.05) is 30.3 Å². The zero-order valence-electron chi connectivity index (χ0n) is 12.5. The van der Waals surface area contributed by atoms with E-state index < -0.39 is 0 Å². The average molecular weight is 289 g/mol. The summed E-state index contributed by atoms with van der Waals surface area (Å²) in [5, 5.41) is 3.44. The first kappa shape index (κ1) is 14.4. The molecule has 1 aromatic carbocycles. The second-order valence-corrected chi connectivity index (χ2v) is 5.95. The highest BCUT2D eigenvalue weighted by Gasteiger charge is 2.36. The first-order chi connectivity index (χ1) is 10.2. The van der Waals surface area contributed by atoms with E-state index in [-0.39, 0.29) is 6.09 Å². The molecule has 114 valence electrons. The molecule has 2 saturated heterocycles. The van der Waals surface area contributed by atoms with Gasteiger partial charge in [0.15, 0.2) is 0 Å². The monoisotopic (exact) mass is 289 g/mol. The van der Waals surface area contributed by atoms with Gasteiger partial charge in [0.2, 0.25) is 0 Å². The van der Waals surface area contributed by atoms with Crippen molar-refractivity contribution >= 4 is 6.09 Å². The van der Waals surface area contributed by atoms with Gasteiger partial charge in [-0.2, -0.15) is 0 Å². The van der Waals surface area contributed by atoms with Gasteiger partial charge in [0.25, 0.3) is 0 Å². The predicted molar refractivity (Wildman–Crippen MR) is 81.0 cm³/mol. The van der Waals surface area contributed by atoms with E-state index in [1.807, 2.05) is 30.3 Å². The third-order valence-electron chi connectivity index (χ3n) is 4.24. The number of nitrogens with zero attached hydrogens (tertiary/aromatic N) is 2. The molecule has 2 aliphatic rings. The summed E-state index contributed by atoms with van der Waals surface area (Å²) < 4.78 is 5.34. The molecule has 1 N–H and O–H groups in total. The van der Waals surface area contributed by atoms with Crippen LogP contribution in [0.2, 0.25) is 0 Å². The quantitative estimate of drug-likeness (QED) is 0.911. The number of carbonyl (C=O) groups excluding carboxylic acids is 1. The topological polar surface area (TPSA) is 44.8 Å². The molecule has 2 heterocycles. The van der Waals surface area contributed by atoms with Crippen LogP contribution < -0.4 is 5.32 Å². The Hall–Kier alpha value is -1.59. The molecule has 1 amide bonds. The zero-order chi connectivity index (χ0) is 14.7. The van der Waals surface area contributed by atoms with Crippen molar-refractivity contribution in [2.24, 2.45) is 0 Å². The molecule has 0 unspecified atom stereocenters. The van der Waals surface area contributed by atoms with E-state index in [2.05, 4.69) is 17.1 Å². The summed E-state index contributed by atoms with van der Waals surface area (Å²) in [6.07, 6.45) is -0.196. The highest BCUT2D eigenvalue weighted by molar-refractivity contribution is 5.68. The van der Waals surface area contributed by atoms with Crippen molar-refractivity contribution in [1.29, 1.82) is 0 Å². The maximum Gasteiger partial charge on any atom is 0.410 e. The number of hydrogen-bond acceptors (Lipinski definition) is 4. The van der Waals surface area contributed by atoms with E-state index in [1.54, 1.807) is 4.90 Å². The van der Waals surface area contributed by atoms with Crippen molar-refractivity contribution in [3.8, 4) is 0 Å². The van der Waals surface area contributed by atoms with Gasteiger partial charge in [0, 0.05) is 44.8 Å². The number of piperazine rings is 1. The van der Waals surface area contributed by atoms with Crippen molar-refractivity contribution < 1.29 is 9.53 Å². The van der Waals surface area contributed by atoms with Crippen molar-refractivity contribution in [1.82, 2.24) is 15.1 Å². The number of ether oxygens (including phenoxy) is 1. The Morgan fingerprint density at radius 2 is 2.05 bits per heavy atom. The normalized spacial score (nSPS) is 23.7. The van der Waals surface area contributed by atoms with E-state index >= 15 is 0 Å². The number of carbonyl (C=O) groups is 1. The first-order valence-electron chi connectivity index (χ1n) is 7.65. The molecule has 1 atom stereocenters. The minimum atomic E-state index is -0.196. The summed E-state index contributed by atoms with van der Waals surface area (Å²) >= 11 is 0. The summed E-state index contributed by atoms with van der Waals surface area (Å²) in [5.74, 6) is 0. The average Bonchev–Trinajstić information content (AvgIpc) is 2.45. The fourth-order valence-corrected chi connectivity index (χ4v) is 2.94. The van der Waals surface area contributed by atoms with Crippen LogP contribution >= 0.6 is 0 Å². The summed E-state index contributed by atoms with van der Waals surface area (Å²) in [6, 6.07) is 10.8. The van der Waals surface area contributed by atoms with E-state index in [0.29, 0.717) is 18.7 Å².